The van der Waals surface area contributed by atoms with Gasteiger partial charge in [-0.15, -0.1) is 0 Å². The summed E-state index contributed by atoms with van der Waals surface area (Å²) < 4.78 is 23.6. The fourth-order valence-electron chi connectivity index (χ4n) is 1.21. The van der Waals surface area contributed by atoms with E-state index >= 15 is 0 Å². The van der Waals surface area contributed by atoms with E-state index in [1.54, 1.807) is 0 Å². The van der Waals surface area contributed by atoms with Gasteiger partial charge in [-0.25, -0.2) is 8.42 Å². The topological polar surface area (TPSA) is 63.2 Å². The third kappa shape index (κ3) is 4.36. The number of hydrogen-bond donors (Lipinski definition) is 1. The largest absolute Gasteiger partial charge is 0.355 e. The number of sulfone groups is 1. The van der Waals surface area contributed by atoms with Crippen LogP contribution in [0, 0.1) is 0 Å². The molecular formula is C11H14ClNO3S. The summed E-state index contributed by atoms with van der Waals surface area (Å²) in [6, 6.07) is 5.76. The van der Waals surface area contributed by atoms with Gasteiger partial charge in [0.2, 0.25) is 5.91 Å². The summed E-state index contributed by atoms with van der Waals surface area (Å²) in [5.41, 5.74) is 0. The Morgan fingerprint density at radius 1 is 1.29 bits per heavy atom. The summed E-state index contributed by atoms with van der Waals surface area (Å²) in [6.45, 7) is 2.38. The van der Waals surface area contributed by atoms with Crippen molar-refractivity contribution in [2.24, 2.45) is 0 Å². The van der Waals surface area contributed by atoms with Crippen LogP contribution in [0.15, 0.2) is 29.2 Å². The zero-order valence-electron chi connectivity index (χ0n) is 9.44. The van der Waals surface area contributed by atoms with Gasteiger partial charge in [-0.2, -0.15) is 0 Å². The maximum absolute atomic E-state index is 11.8. The number of rotatable bonds is 5. The number of halogens is 1. The van der Waals surface area contributed by atoms with Gasteiger partial charge >= 0.3 is 0 Å². The Labute approximate surface area is 106 Å². The van der Waals surface area contributed by atoms with Crippen molar-refractivity contribution < 1.29 is 13.2 Å². The lowest BCUT2D eigenvalue weighted by atomic mass is 10.4. The van der Waals surface area contributed by atoms with E-state index in [1.807, 2.05) is 6.92 Å². The molecule has 0 saturated carbocycles. The fourth-order valence-corrected chi connectivity index (χ4v) is 2.50. The Kier molecular flexibility index (Phi) is 4.96. The van der Waals surface area contributed by atoms with Gasteiger partial charge in [0.05, 0.1) is 4.90 Å². The predicted octanol–water partition coefficient (Wildman–Crippen LogP) is 1.64. The molecule has 0 radical (unpaired) electrons. The molecule has 0 aromatic heterocycles. The molecule has 17 heavy (non-hydrogen) atoms. The average Bonchev–Trinajstić information content (AvgIpc) is 2.26. The monoisotopic (exact) mass is 275 g/mol. The summed E-state index contributed by atoms with van der Waals surface area (Å²) in [6.07, 6.45) is 0.771. The van der Waals surface area contributed by atoms with E-state index in [0.717, 1.165) is 6.42 Å². The van der Waals surface area contributed by atoms with Crippen molar-refractivity contribution in [3.05, 3.63) is 29.3 Å². The molecule has 1 aromatic carbocycles. The molecule has 1 rings (SSSR count). The first-order valence-electron chi connectivity index (χ1n) is 5.20. The second-order valence-electron chi connectivity index (χ2n) is 3.56. The van der Waals surface area contributed by atoms with E-state index in [2.05, 4.69) is 5.32 Å². The SMILES string of the molecule is CCCNC(=O)CS(=O)(=O)c1ccc(Cl)cc1. The first kappa shape index (κ1) is 14.0. The van der Waals surface area contributed by atoms with Crippen molar-refractivity contribution in [2.45, 2.75) is 18.2 Å². The predicted molar refractivity (Wildman–Crippen MR) is 66.8 cm³/mol. The van der Waals surface area contributed by atoms with E-state index < -0.39 is 21.5 Å². The molecule has 0 bridgehead atoms. The van der Waals surface area contributed by atoms with Crippen LogP contribution in [0.3, 0.4) is 0 Å². The van der Waals surface area contributed by atoms with E-state index in [4.69, 9.17) is 11.6 Å². The minimum absolute atomic E-state index is 0.105. The summed E-state index contributed by atoms with van der Waals surface area (Å²) >= 11 is 5.66. The summed E-state index contributed by atoms with van der Waals surface area (Å²) in [4.78, 5) is 11.4. The van der Waals surface area contributed by atoms with Crippen LogP contribution in [0.2, 0.25) is 5.02 Å². The smallest absolute Gasteiger partial charge is 0.235 e. The number of nitrogens with one attached hydrogen (secondary N) is 1. The lowest BCUT2D eigenvalue weighted by Crippen LogP contribution is -2.30. The molecule has 0 unspecified atom stereocenters. The molecular weight excluding hydrogens is 262 g/mol. The minimum atomic E-state index is -3.58. The zero-order chi connectivity index (χ0) is 12.9. The van der Waals surface area contributed by atoms with Gasteiger partial charge in [-0.05, 0) is 30.7 Å². The van der Waals surface area contributed by atoms with E-state index in [0.29, 0.717) is 11.6 Å². The van der Waals surface area contributed by atoms with Crippen LogP contribution in [0.5, 0.6) is 0 Å². The van der Waals surface area contributed by atoms with Crippen LogP contribution in [0.1, 0.15) is 13.3 Å². The highest BCUT2D eigenvalue weighted by atomic mass is 35.5. The van der Waals surface area contributed by atoms with Crippen molar-refractivity contribution in [3.63, 3.8) is 0 Å². The van der Waals surface area contributed by atoms with Crippen molar-refractivity contribution in [2.75, 3.05) is 12.3 Å². The normalized spacial score (nSPS) is 11.2. The Hall–Kier alpha value is -1.07. The third-order valence-electron chi connectivity index (χ3n) is 2.07. The van der Waals surface area contributed by atoms with Crippen LogP contribution in [-0.2, 0) is 14.6 Å². The van der Waals surface area contributed by atoms with Crippen molar-refractivity contribution in [3.8, 4) is 0 Å². The highest BCUT2D eigenvalue weighted by Crippen LogP contribution is 2.15. The Balaban J connectivity index is 2.75. The van der Waals surface area contributed by atoms with E-state index in [1.165, 1.54) is 24.3 Å². The highest BCUT2D eigenvalue weighted by Gasteiger charge is 2.18. The molecule has 1 amide bonds. The minimum Gasteiger partial charge on any atom is -0.355 e. The number of amides is 1. The maximum Gasteiger partial charge on any atom is 0.235 e. The zero-order valence-corrected chi connectivity index (χ0v) is 11.0. The Morgan fingerprint density at radius 3 is 2.41 bits per heavy atom. The number of carbonyl (C=O) groups excluding carboxylic acids is 1. The van der Waals surface area contributed by atoms with Gasteiger partial charge in [0, 0.05) is 11.6 Å². The first-order valence-corrected chi connectivity index (χ1v) is 7.24. The van der Waals surface area contributed by atoms with Gasteiger partial charge in [-0.3, -0.25) is 4.79 Å². The van der Waals surface area contributed by atoms with Crippen molar-refractivity contribution in [1.82, 2.24) is 5.32 Å². The molecule has 0 fully saturated rings. The number of carbonyl (C=O) groups is 1. The fraction of sp³-hybridized carbons (Fsp3) is 0.364. The molecule has 0 atom stereocenters. The van der Waals surface area contributed by atoms with Crippen LogP contribution < -0.4 is 5.32 Å². The average molecular weight is 276 g/mol. The van der Waals surface area contributed by atoms with E-state index in [9.17, 15) is 13.2 Å². The summed E-state index contributed by atoms with van der Waals surface area (Å²) in [5.74, 6) is -1.02. The highest BCUT2D eigenvalue weighted by molar-refractivity contribution is 7.92. The maximum atomic E-state index is 11.8. The van der Waals surface area contributed by atoms with E-state index in [-0.39, 0.29) is 4.90 Å². The van der Waals surface area contributed by atoms with Gasteiger partial charge in [0.1, 0.15) is 5.75 Å². The molecule has 0 aliphatic rings. The molecule has 0 heterocycles. The van der Waals surface area contributed by atoms with Crippen LogP contribution in [-0.4, -0.2) is 26.6 Å². The third-order valence-corrected chi connectivity index (χ3v) is 3.95. The molecule has 0 spiro atoms. The lowest BCUT2D eigenvalue weighted by Gasteiger charge is -2.05. The lowest BCUT2D eigenvalue weighted by molar-refractivity contribution is -0.118. The molecule has 1 N–H and O–H groups in total. The molecule has 0 aliphatic carbocycles. The quantitative estimate of drug-likeness (QED) is 0.889. The second-order valence-corrected chi connectivity index (χ2v) is 5.99. The molecule has 0 saturated heterocycles. The summed E-state index contributed by atoms with van der Waals surface area (Å²) in [5, 5.41) is 2.98. The van der Waals surface area contributed by atoms with Crippen molar-refractivity contribution in [1.29, 1.82) is 0 Å². The first-order chi connectivity index (χ1) is 7.95. The van der Waals surface area contributed by atoms with Crippen LogP contribution >= 0.6 is 11.6 Å². The van der Waals surface area contributed by atoms with Crippen LogP contribution in [0.4, 0.5) is 0 Å². The molecule has 1 aromatic rings. The van der Waals surface area contributed by atoms with Gasteiger partial charge in [0.15, 0.2) is 9.84 Å². The Morgan fingerprint density at radius 2 is 1.88 bits per heavy atom. The Bertz CT molecular complexity index is 482. The number of hydrogen-bond acceptors (Lipinski definition) is 3. The second kappa shape index (κ2) is 6.02. The van der Waals surface area contributed by atoms with Crippen molar-refractivity contribution >= 4 is 27.3 Å². The molecule has 6 heteroatoms. The molecule has 4 nitrogen and oxygen atoms in total. The van der Waals surface area contributed by atoms with Gasteiger partial charge in [0.25, 0.3) is 0 Å². The standard InChI is InChI=1S/C11H14ClNO3S/c1-2-7-13-11(14)8-17(15,16)10-5-3-9(12)4-6-10/h3-6H,2,7-8H2,1H3,(H,13,14). The van der Waals surface area contributed by atoms with Crippen LogP contribution in [0.25, 0.3) is 0 Å². The summed E-state index contributed by atoms with van der Waals surface area (Å²) in [7, 11) is -3.58. The molecule has 94 valence electrons. The van der Waals surface area contributed by atoms with Gasteiger partial charge < -0.3 is 5.32 Å². The molecule has 0 aliphatic heterocycles. The van der Waals surface area contributed by atoms with Gasteiger partial charge in [-0.1, -0.05) is 18.5 Å². The number of benzene rings is 1.